The fraction of sp³-hybridized carbons (Fsp3) is 0.0714. The van der Waals surface area contributed by atoms with Gasteiger partial charge >= 0.3 is 0 Å². The van der Waals surface area contributed by atoms with Crippen molar-refractivity contribution >= 4 is 5.78 Å². The van der Waals surface area contributed by atoms with Gasteiger partial charge in [0.25, 0.3) is 0 Å². The maximum atomic E-state index is 13.6. The van der Waals surface area contributed by atoms with Gasteiger partial charge in [-0.2, -0.15) is 5.26 Å². The Morgan fingerprint density at radius 3 is 2.68 bits per heavy atom. The Morgan fingerprint density at radius 1 is 1.37 bits per heavy atom. The van der Waals surface area contributed by atoms with E-state index in [4.69, 9.17) is 10.00 Å². The van der Waals surface area contributed by atoms with E-state index in [0.29, 0.717) is 5.56 Å². The third-order valence-corrected chi connectivity index (χ3v) is 2.42. The van der Waals surface area contributed by atoms with Crippen LogP contribution in [0.15, 0.2) is 36.5 Å². The molecule has 94 valence electrons. The topological polar surface area (TPSA) is 63.0 Å². The molecule has 1 aromatic carbocycles. The highest BCUT2D eigenvalue weighted by molar-refractivity contribution is 5.93. The fourth-order valence-electron chi connectivity index (χ4n) is 1.41. The van der Waals surface area contributed by atoms with Gasteiger partial charge < -0.3 is 4.74 Å². The summed E-state index contributed by atoms with van der Waals surface area (Å²) in [5, 5.41) is 8.62. The fourth-order valence-corrected chi connectivity index (χ4v) is 1.41. The summed E-state index contributed by atoms with van der Waals surface area (Å²) < 4.78 is 18.8. The van der Waals surface area contributed by atoms with Crippen LogP contribution in [-0.2, 0) is 0 Å². The SMILES string of the molecule is CC(=O)c1ccc(Oc2ccc(C#N)cc2F)nc1. The minimum absolute atomic E-state index is 0.0259. The number of hydrogen-bond donors (Lipinski definition) is 0. The molecule has 0 amide bonds. The normalized spacial score (nSPS) is 9.74. The largest absolute Gasteiger partial charge is 0.436 e. The van der Waals surface area contributed by atoms with Crippen LogP contribution in [0.1, 0.15) is 22.8 Å². The molecular formula is C14H9FN2O2. The van der Waals surface area contributed by atoms with E-state index in [1.54, 1.807) is 6.07 Å². The first kappa shape index (κ1) is 12.7. The van der Waals surface area contributed by atoms with Gasteiger partial charge in [0.05, 0.1) is 11.6 Å². The van der Waals surface area contributed by atoms with Crippen molar-refractivity contribution in [3.63, 3.8) is 0 Å². The molecule has 2 aromatic rings. The molecule has 19 heavy (non-hydrogen) atoms. The second kappa shape index (κ2) is 5.27. The molecule has 0 radical (unpaired) electrons. The predicted octanol–water partition coefficient (Wildman–Crippen LogP) is 3.09. The molecule has 0 aliphatic rings. The van der Waals surface area contributed by atoms with Gasteiger partial charge in [0.15, 0.2) is 17.3 Å². The molecule has 0 fully saturated rings. The molecular weight excluding hydrogens is 247 g/mol. The number of aromatic nitrogens is 1. The average Bonchev–Trinajstić information content (AvgIpc) is 2.41. The molecule has 1 aromatic heterocycles. The van der Waals surface area contributed by atoms with Crippen molar-refractivity contribution in [1.29, 1.82) is 5.26 Å². The number of nitrogens with zero attached hydrogens (tertiary/aromatic N) is 2. The molecule has 5 heteroatoms. The van der Waals surface area contributed by atoms with E-state index in [9.17, 15) is 9.18 Å². The lowest BCUT2D eigenvalue weighted by molar-refractivity contribution is 0.101. The van der Waals surface area contributed by atoms with Gasteiger partial charge in [-0.15, -0.1) is 0 Å². The summed E-state index contributed by atoms with van der Waals surface area (Å²) in [5.41, 5.74) is 0.664. The minimum atomic E-state index is -0.642. The smallest absolute Gasteiger partial charge is 0.219 e. The number of ketones is 1. The number of nitriles is 1. The number of hydrogen-bond acceptors (Lipinski definition) is 4. The Balaban J connectivity index is 2.22. The zero-order valence-corrected chi connectivity index (χ0v) is 10.1. The molecule has 4 nitrogen and oxygen atoms in total. The van der Waals surface area contributed by atoms with E-state index in [1.807, 2.05) is 6.07 Å². The van der Waals surface area contributed by atoms with Gasteiger partial charge in [0.1, 0.15) is 0 Å². The number of benzene rings is 1. The Labute approximate surface area is 109 Å². The molecule has 0 saturated heterocycles. The zero-order valence-electron chi connectivity index (χ0n) is 10.1. The van der Waals surface area contributed by atoms with Gasteiger partial charge in [0.2, 0.25) is 5.88 Å². The molecule has 0 unspecified atom stereocenters. The van der Waals surface area contributed by atoms with Crippen LogP contribution in [0.4, 0.5) is 4.39 Å². The quantitative estimate of drug-likeness (QED) is 0.791. The Morgan fingerprint density at radius 2 is 2.16 bits per heavy atom. The molecule has 0 N–H and O–H groups in total. The van der Waals surface area contributed by atoms with E-state index in [2.05, 4.69) is 4.98 Å². The van der Waals surface area contributed by atoms with Gasteiger partial charge in [0, 0.05) is 17.8 Å². The van der Waals surface area contributed by atoms with Crippen LogP contribution in [-0.4, -0.2) is 10.8 Å². The van der Waals surface area contributed by atoms with Crippen LogP contribution in [0, 0.1) is 17.1 Å². The molecule has 0 aliphatic heterocycles. The molecule has 1 heterocycles. The highest BCUT2D eigenvalue weighted by Crippen LogP contribution is 2.23. The van der Waals surface area contributed by atoms with E-state index in [-0.39, 0.29) is 23.0 Å². The molecule has 0 bridgehead atoms. The van der Waals surface area contributed by atoms with Crippen LogP contribution in [0.3, 0.4) is 0 Å². The van der Waals surface area contributed by atoms with Gasteiger partial charge in [-0.1, -0.05) is 0 Å². The first-order valence-corrected chi connectivity index (χ1v) is 5.44. The Bertz CT molecular complexity index is 660. The van der Waals surface area contributed by atoms with Crippen LogP contribution in [0.5, 0.6) is 11.6 Å². The van der Waals surface area contributed by atoms with Crippen molar-refractivity contribution in [3.8, 4) is 17.7 Å². The third-order valence-electron chi connectivity index (χ3n) is 2.42. The highest BCUT2D eigenvalue weighted by Gasteiger charge is 2.07. The van der Waals surface area contributed by atoms with Gasteiger partial charge in [-0.3, -0.25) is 4.79 Å². The Kier molecular flexibility index (Phi) is 3.53. The van der Waals surface area contributed by atoms with Crippen molar-refractivity contribution in [2.75, 3.05) is 0 Å². The van der Waals surface area contributed by atoms with Crippen LogP contribution in [0.25, 0.3) is 0 Å². The first-order valence-electron chi connectivity index (χ1n) is 5.44. The summed E-state index contributed by atoms with van der Waals surface area (Å²) in [7, 11) is 0. The maximum absolute atomic E-state index is 13.6. The number of Topliss-reactive ketones (excluding diaryl/α,β-unsaturated/α-hetero) is 1. The van der Waals surface area contributed by atoms with Crippen LogP contribution >= 0.6 is 0 Å². The zero-order chi connectivity index (χ0) is 13.8. The van der Waals surface area contributed by atoms with E-state index in [1.165, 1.54) is 31.3 Å². The second-order valence-corrected chi connectivity index (χ2v) is 3.80. The lowest BCUT2D eigenvalue weighted by Crippen LogP contribution is -1.95. The van der Waals surface area contributed by atoms with E-state index < -0.39 is 5.82 Å². The second-order valence-electron chi connectivity index (χ2n) is 3.80. The standard InChI is InChI=1S/C14H9FN2O2/c1-9(18)11-3-5-14(17-8-11)19-13-4-2-10(7-16)6-12(13)15/h2-6,8H,1H3. The molecule has 2 rings (SSSR count). The lowest BCUT2D eigenvalue weighted by Gasteiger charge is -2.06. The summed E-state index contributed by atoms with van der Waals surface area (Å²) in [4.78, 5) is 15.0. The third kappa shape index (κ3) is 2.93. The number of pyridine rings is 1. The van der Waals surface area contributed by atoms with Crippen molar-refractivity contribution < 1.29 is 13.9 Å². The van der Waals surface area contributed by atoms with Gasteiger partial charge in [-0.25, -0.2) is 9.37 Å². The first-order chi connectivity index (χ1) is 9.10. The highest BCUT2D eigenvalue weighted by atomic mass is 19.1. The van der Waals surface area contributed by atoms with Crippen molar-refractivity contribution in [3.05, 3.63) is 53.5 Å². The number of ether oxygens (including phenoxy) is 1. The monoisotopic (exact) mass is 256 g/mol. The lowest BCUT2D eigenvalue weighted by atomic mass is 10.2. The molecule has 0 atom stereocenters. The van der Waals surface area contributed by atoms with Crippen LogP contribution in [0.2, 0.25) is 0 Å². The van der Waals surface area contributed by atoms with E-state index in [0.717, 1.165) is 6.07 Å². The maximum Gasteiger partial charge on any atom is 0.219 e. The molecule has 0 saturated carbocycles. The molecule has 0 spiro atoms. The Hall–Kier alpha value is -2.74. The van der Waals surface area contributed by atoms with Gasteiger partial charge in [-0.05, 0) is 31.2 Å². The van der Waals surface area contributed by atoms with E-state index >= 15 is 0 Å². The van der Waals surface area contributed by atoms with Crippen molar-refractivity contribution in [1.82, 2.24) is 4.98 Å². The van der Waals surface area contributed by atoms with Crippen molar-refractivity contribution in [2.45, 2.75) is 6.92 Å². The summed E-state index contributed by atoms with van der Waals surface area (Å²) in [6.45, 7) is 1.43. The summed E-state index contributed by atoms with van der Waals surface area (Å²) in [6.07, 6.45) is 1.36. The number of rotatable bonds is 3. The number of halogens is 1. The number of carbonyl (C=O) groups is 1. The predicted molar refractivity (Wildman–Crippen MR) is 65.4 cm³/mol. The summed E-state index contributed by atoms with van der Waals surface area (Å²) in [5.74, 6) is -0.601. The number of carbonyl (C=O) groups excluding carboxylic acids is 1. The van der Waals surface area contributed by atoms with Crippen molar-refractivity contribution in [2.24, 2.45) is 0 Å². The summed E-state index contributed by atoms with van der Waals surface area (Å²) >= 11 is 0. The molecule has 0 aliphatic carbocycles. The minimum Gasteiger partial charge on any atom is -0.436 e. The van der Waals surface area contributed by atoms with Crippen LogP contribution < -0.4 is 4.74 Å². The average molecular weight is 256 g/mol. The summed E-state index contributed by atoms with van der Waals surface area (Å²) in [6, 6.07) is 8.74.